The molecule has 0 fully saturated rings. The van der Waals surface area contributed by atoms with Crippen molar-refractivity contribution in [1.29, 1.82) is 0 Å². The monoisotopic (exact) mass is 1210 g/mol. The van der Waals surface area contributed by atoms with E-state index in [0.717, 1.165) is 0 Å². The zero-order chi connectivity index (χ0) is 61.8. The molecule has 0 aliphatic rings. The number of benzene rings is 17. The van der Waals surface area contributed by atoms with Gasteiger partial charge in [0.2, 0.25) is 0 Å². The van der Waals surface area contributed by atoms with Crippen LogP contribution >= 0.6 is 11.3 Å². The summed E-state index contributed by atoms with van der Waals surface area (Å²) in [6.45, 7) is 0. The molecule has 0 spiro atoms. The Bertz CT molecular complexity index is 6310. The summed E-state index contributed by atoms with van der Waals surface area (Å²) in [4.78, 5) is 2.56. The summed E-state index contributed by atoms with van der Waals surface area (Å²) in [7, 11) is 0. The lowest BCUT2D eigenvalue weighted by Crippen LogP contribution is -1.92. The molecule has 0 amide bonds. The molecule has 0 N–H and O–H groups in total. The SMILES string of the molecule is c1ccc(-c2ccc(-c3cccc(-c4c5ccccc5c(-c5ccc(-c6ccc7ccccc7c6)c6ccccc56)c5ccccc45)c3)s2)cc1.c1ccc2cc(-c3c4ccccc4c(-c4ccc5c6cccc7c8ccccc8n(c5c4)c76)c4ccccc34)ccc2c1. The van der Waals surface area contributed by atoms with Gasteiger partial charge < -0.3 is 4.40 Å². The highest BCUT2D eigenvalue weighted by Crippen LogP contribution is 2.50. The number of para-hydroxylation sites is 2. The third-order valence-corrected chi connectivity index (χ3v) is 21.0. The van der Waals surface area contributed by atoms with E-state index in [1.165, 1.54) is 190 Å². The van der Waals surface area contributed by atoms with Gasteiger partial charge >= 0.3 is 0 Å². The van der Waals surface area contributed by atoms with Crippen LogP contribution in [0.3, 0.4) is 0 Å². The lowest BCUT2D eigenvalue weighted by Gasteiger charge is -2.20. The van der Waals surface area contributed by atoms with Crippen LogP contribution in [0.2, 0.25) is 0 Å². The number of hydrogen-bond acceptors (Lipinski definition) is 1. The van der Waals surface area contributed by atoms with Gasteiger partial charge in [-0.15, -0.1) is 11.3 Å². The van der Waals surface area contributed by atoms with Crippen molar-refractivity contribution in [3.05, 3.63) is 346 Å². The van der Waals surface area contributed by atoms with Crippen LogP contribution in [0.4, 0.5) is 0 Å². The zero-order valence-corrected chi connectivity index (χ0v) is 52.1. The largest absolute Gasteiger partial charge is 0.308 e. The molecule has 0 saturated heterocycles. The molecule has 0 aliphatic carbocycles. The molecule has 0 unspecified atom stereocenters. The van der Waals surface area contributed by atoms with Gasteiger partial charge in [-0.3, -0.25) is 0 Å². The summed E-state index contributed by atoms with van der Waals surface area (Å²) in [5.41, 5.74) is 19.0. The van der Waals surface area contributed by atoms with Crippen molar-refractivity contribution in [3.8, 4) is 76.5 Å². The van der Waals surface area contributed by atoms with Gasteiger partial charge in [0.25, 0.3) is 0 Å². The van der Waals surface area contributed by atoms with Crippen molar-refractivity contribution < 1.29 is 0 Å². The summed E-state index contributed by atoms with van der Waals surface area (Å²) in [5.74, 6) is 0. The first-order valence-corrected chi connectivity index (χ1v) is 33.3. The van der Waals surface area contributed by atoms with Crippen molar-refractivity contribution in [1.82, 2.24) is 4.40 Å². The number of hydrogen-bond donors (Lipinski definition) is 0. The summed E-state index contributed by atoms with van der Waals surface area (Å²) < 4.78 is 2.48. The molecule has 2 heteroatoms. The first kappa shape index (κ1) is 53.9. The van der Waals surface area contributed by atoms with Crippen molar-refractivity contribution >= 4 is 125 Å². The van der Waals surface area contributed by atoms with Crippen LogP contribution in [0.25, 0.3) is 190 Å². The van der Waals surface area contributed by atoms with Crippen LogP contribution in [0.15, 0.2) is 346 Å². The minimum Gasteiger partial charge on any atom is -0.308 e. The molecule has 3 aromatic heterocycles. The Labute approximate surface area is 547 Å². The van der Waals surface area contributed by atoms with Gasteiger partial charge in [-0.2, -0.15) is 0 Å². The molecule has 20 aromatic rings. The summed E-state index contributed by atoms with van der Waals surface area (Å²) >= 11 is 1.85. The maximum atomic E-state index is 2.48. The Morgan fingerprint density at radius 1 is 0.181 bits per heavy atom. The Balaban J connectivity index is 0.000000135. The number of rotatable bonds is 7. The Morgan fingerprint density at radius 2 is 0.553 bits per heavy atom. The fourth-order valence-electron chi connectivity index (χ4n) is 15.6. The maximum Gasteiger partial charge on any atom is 0.0620 e. The minimum absolute atomic E-state index is 1.23. The average Bonchev–Trinajstić information content (AvgIpc) is 1.51. The molecule has 436 valence electrons. The number of fused-ring (bicyclic) bond motifs is 13. The van der Waals surface area contributed by atoms with Gasteiger partial charge in [0.15, 0.2) is 0 Å². The van der Waals surface area contributed by atoms with E-state index in [2.05, 4.69) is 350 Å². The summed E-state index contributed by atoms with van der Waals surface area (Å²) in [6.07, 6.45) is 0. The van der Waals surface area contributed by atoms with E-state index in [0.29, 0.717) is 0 Å². The van der Waals surface area contributed by atoms with Crippen molar-refractivity contribution in [3.63, 3.8) is 0 Å². The third kappa shape index (κ3) is 8.61. The smallest absolute Gasteiger partial charge is 0.0620 e. The van der Waals surface area contributed by atoms with Gasteiger partial charge in [-0.1, -0.05) is 303 Å². The van der Waals surface area contributed by atoms with Gasteiger partial charge in [-0.05, 0) is 185 Å². The molecule has 0 bridgehead atoms. The molecule has 0 radical (unpaired) electrons. The first-order chi connectivity index (χ1) is 46.6. The van der Waals surface area contributed by atoms with Crippen LogP contribution in [0.5, 0.6) is 0 Å². The normalized spacial score (nSPS) is 11.8. The highest BCUT2D eigenvalue weighted by molar-refractivity contribution is 7.18. The fourth-order valence-corrected chi connectivity index (χ4v) is 16.6. The van der Waals surface area contributed by atoms with Crippen molar-refractivity contribution in [2.24, 2.45) is 0 Å². The molecule has 0 atom stereocenters. The predicted octanol–water partition coefficient (Wildman–Crippen LogP) is 26.3. The van der Waals surface area contributed by atoms with Crippen molar-refractivity contribution in [2.75, 3.05) is 0 Å². The van der Waals surface area contributed by atoms with Crippen LogP contribution in [-0.2, 0) is 0 Å². The van der Waals surface area contributed by atoms with Crippen molar-refractivity contribution in [2.45, 2.75) is 0 Å². The van der Waals surface area contributed by atoms with Gasteiger partial charge in [-0.25, -0.2) is 0 Å². The van der Waals surface area contributed by atoms with Crippen LogP contribution in [-0.4, -0.2) is 4.40 Å². The standard InChI is InChI=1S/C50H32S.C42H25N/c1-2-14-34(15-3-1)47-29-30-48(51-47)37-17-12-18-38(32-37)49-42-21-8-10-23-44(42)50(45-24-11-9-22-43(45)49)46-28-27-39(40-19-6-7-20-41(40)46)36-26-25-33-13-4-5-16-35(33)31-36;1-2-11-27-24-28(21-20-26(27)10-1)40-32-13-3-5-15-34(32)41(35-16-6-4-14-33(35)40)29-22-23-31-37-18-9-17-36-30-12-7-8-19-38(30)43(42(36)37)39(31)25-29/h1-32H;1-25H. The Kier molecular flexibility index (Phi) is 12.5. The van der Waals surface area contributed by atoms with Gasteiger partial charge in [0.1, 0.15) is 0 Å². The second kappa shape index (κ2) is 21.9. The quantitative estimate of drug-likeness (QED) is 0.140. The summed E-state index contributed by atoms with van der Waals surface area (Å²) in [6, 6.07) is 127. The highest BCUT2D eigenvalue weighted by atomic mass is 32.1. The maximum absolute atomic E-state index is 2.48. The molecule has 0 saturated carbocycles. The molecule has 20 rings (SSSR count). The fraction of sp³-hybridized carbons (Fsp3) is 0. The first-order valence-electron chi connectivity index (χ1n) is 32.5. The number of nitrogens with zero attached hydrogens (tertiary/aromatic N) is 1. The predicted molar refractivity (Wildman–Crippen MR) is 406 cm³/mol. The number of aromatic nitrogens is 1. The van der Waals surface area contributed by atoms with E-state index in [1.54, 1.807) is 0 Å². The van der Waals surface area contributed by atoms with E-state index in [-0.39, 0.29) is 0 Å². The van der Waals surface area contributed by atoms with Crippen LogP contribution in [0, 0.1) is 0 Å². The van der Waals surface area contributed by atoms with E-state index in [4.69, 9.17) is 0 Å². The molecule has 0 aliphatic heterocycles. The highest BCUT2D eigenvalue weighted by Gasteiger charge is 2.23. The van der Waals surface area contributed by atoms with Crippen LogP contribution in [0.1, 0.15) is 0 Å². The molecular weight excluding hydrogens is 1150 g/mol. The van der Waals surface area contributed by atoms with Gasteiger partial charge in [0.05, 0.1) is 16.6 Å². The van der Waals surface area contributed by atoms with E-state index in [9.17, 15) is 0 Å². The lowest BCUT2D eigenvalue weighted by molar-refractivity contribution is 1.37. The zero-order valence-electron chi connectivity index (χ0n) is 51.3. The third-order valence-electron chi connectivity index (χ3n) is 19.8. The van der Waals surface area contributed by atoms with E-state index < -0.39 is 0 Å². The number of thiophene rings is 1. The lowest BCUT2D eigenvalue weighted by atomic mass is 9.83. The topological polar surface area (TPSA) is 4.41 Å². The van der Waals surface area contributed by atoms with E-state index in [1.807, 2.05) is 11.3 Å². The molecule has 3 heterocycles. The molecule has 1 nitrogen and oxygen atoms in total. The Hall–Kier alpha value is -11.9. The Morgan fingerprint density at radius 3 is 1.14 bits per heavy atom. The van der Waals surface area contributed by atoms with Crippen LogP contribution < -0.4 is 0 Å². The summed E-state index contributed by atoms with van der Waals surface area (Å²) in [5, 5.41) is 23.0. The second-order valence-electron chi connectivity index (χ2n) is 24.9. The average molecular weight is 1210 g/mol. The minimum atomic E-state index is 1.23. The second-order valence-corrected chi connectivity index (χ2v) is 26.0. The molecule has 17 aromatic carbocycles. The van der Waals surface area contributed by atoms with Gasteiger partial charge in [0, 0.05) is 31.3 Å². The molecular formula is C92H57NS. The van der Waals surface area contributed by atoms with E-state index >= 15 is 0 Å². The molecule has 94 heavy (non-hydrogen) atoms.